The van der Waals surface area contributed by atoms with Crippen molar-refractivity contribution in [2.75, 3.05) is 6.54 Å². The van der Waals surface area contributed by atoms with Gasteiger partial charge < -0.3 is 5.11 Å². The Labute approximate surface area is 108 Å². The molecule has 0 atom stereocenters. The van der Waals surface area contributed by atoms with Crippen LogP contribution in [0.5, 0.6) is 0 Å². The van der Waals surface area contributed by atoms with Crippen LogP contribution >= 0.6 is 15.9 Å². The summed E-state index contributed by atoms with van der Waals surface area (Å²) in [5, 5.41) is 9.42. The molecule has 0 amide bonds. The molecule has 4 nitrogen and oxygen atoms in total. The number of aliphatic hydroxyl groups is 1. The van der Waals surface area contributed by atoms with E-state index in [0.29, 0.717) is 0 Å². The van der Waals surface area contributed by atoms with Crippen LogP contribution in [0.15, 0.2) is 27.6 Å². The summed E-state index contributed by atoms with van der Waals surface area (Å²) in [5.41, 5.74) is -1.17. The highest BCUT2D eigenvalue weighted by atomic mass is 79.9. The van der Waals surface area contributed by atoms with Crippen LogP contribution in [0.4, 0.5) is 4.39 Å². The first-order valence-corrected chi connectivity index (χ1v) is 7.06. The smallest absolute Gasteiger partial charge is 0.240 e. The van der Waals surface area contributed by atoms with Gasteiger partial charge in [0, 0.05) is 6.54 Å². The minimum Gasteiger partial charge on any atom is -0.389 e. The Balaban J connectivity index is 2.94. The molecule has 0 saturated carbocycles. The Morgan fingerprint density at radius 2 is 2.06 bits per heavy atom. The second-order valence-electron chi connectivity index (χ2n) is 4.21. The van der Waals surface area contributed by atoms with Crippen LogP contribution in [0.1, 0.15) is 13.8 Å². The summed E-state index contributed by atoms with van der Waals surface area (Å²) >= 11 is 2.94. The summed E-state index contributed by atoms with van der Waals surface area (Å²) in [6.07, 6.45) is 0. The highest BCUT2D eigenvalue weighted by molar-refractivity contribution is 9.10. The fraction of sp³-hybridized carbons (Fsp3) is 0.400. The minimum absolute atomic E-state index is 0.146. The number of nitrogens with one attached hydrogen (secondary N) is 1. The van der Waals surface area contributed by atoms with Crippen molar-refractivity contribution < 1.29 is 17.9 Å². The fourth-order valence-electron chi connectivity index (χ4n) is 0.999. The second kappa shape index (κ2) is 5.01. The maximum Gasteiger partial charge on any atom is 0.240 e. The Hall–Kier alpha value is -0.500. The van der Waals surface area contributed by atoms with Crippen LogP contribution in [0.2, 0.25) is 0 Å². The molecule has 0 spiro atoms. The lowest BCUT2D eigenvalue weighted by Crippen LogP contribution is -2.38. The van der Waals surface area contributed by atoms with Gasteiger partial charge in [-0.3, -0.25) is 0 Å². The van der Waals surface area contributed by atoms with Gasteiger partial charge in [-0.15, -0.1) is 0 Å². The number of hydrogen-bond donors (Lipinski definition) is 2. The number of rotatable bonds is 4. The predicted octanol–water partition coefficient (Wildman–Crippen LogP) is 1.64. The van der Waals surface area contributed by atoms with Crippen molar-refractivity contribution >= 4 is 26.0 Å². The van der Waals surface area contributed by atoms with Crippen molar-refractivity contribution in [2.45, 2.75) is 24.3 Å². The average molecular weight is 326 g/mol. The van der Waals surface area contributed by atoms with Gasteiger partial charge in [0.05, 0.1) is 15.0 Å². The van der Waals surface area contributed by atoms with Crippen molar-refractivity contribution in [2.24, 2.45) is 0 Å². The van der Waals surface area contributed by atoms with Crippen molar-refractivity contribution in [3.8, 4) is 0 Å². The molecule has 0 aliphatic heterocycles. The van der Waals surface area contributed by atoms with Gasteiger partial charge in [-0.2, -0.15) is 0 Å². The van der Waals surface area contributed by atoms with Crippen molar-refractivity contribution in [1.29, 1.82) is 0 Å². The van der Waals surface area contributed by atoms with Crippen LogP contribution in [-0.4, -0.2) is 25.7 Å². The lowest BCUT2D eigenvalue weighted by molar-refractivity contribution is 0.0857. The quantitative estimate of drug-likeness (QED) is 0.884. The van der Waals surface area contributed by atoms with Crippen LogP contribution in [-0.2, 0) is 10.0 Å². The molecule has 0 fully saturated rings. The van der Waals surface area contributed by atoms with Gasteiger partial charge >= 0.3 is 0 Å². The van der Waals surface area contributed by atoms with E-state index in [0.717, 1.165) is 6.07 Å². The van der Waals surface area contributed by atoms with E-state index in [9.17, 15) is 17.9 Å². The summed E-state index contributed by atoms with van der Waals surface area (Å²) in [5.74, 6) is -0.656. The van der Waals surface area contributed by atoms with Gasteiger partial charge in [0.2, 0.25) is 10.0 Å². The Morgan fingerprint density at radius 1 is 1.47 bits per heavy atom. The number of hydrogen-bond acceptors (Lipinski definition) is 3. The van der Waals surface area contributed by atoms with Gasteiger partial charge in [-0.1, -0.05) is 0 Å². The zero-order chi connectivity index (χ0) is 13.3. The number of benzene rings is 1. The monoisotopic (exact) mass is 325 g/mol. The number of sulfonamides is 1. The van der Waals surface area contributed by atoms with Crippen LogP contribution in [0.3, 0.4) is 0 Å². The normalized spacial score (nSPS) is 12.8. The topological polar surface area (TPSA) is 66.4 Å². The van der Waals surface area contributed by atoms with E-state index in [4.69, 9.17) is 0 Å². The van der Waals surface area contributed by atoms with Crippen molar-refractivity contribution in [3.63, 3.8) is 0 Å². The van der Waals surface area contributed by atoms with Gasteiger partial charge in [0.25, 0.3) is 0 Å². The molecular formula is C10H13BrFNO3S. The summed E-state index contributed by atoms with van der Waals surface area (Å²) in [7, 11) is -3.80. The molecule has 7 heteroatoms. The van der Waals surface area contributed by atoms with E-state index in [1.807, 2.05) is 0 Å². The van der Waals surface area contributed by atoms with Crippen LogP contribution < -0.4 is 4.72 Å². The van der Waals surface area contributed by atoms with E-state index in [1.165, 1.54) is 26.0 Å². The molecule has 0 aliphatic carbocycles. The molecule has 17 heavy (non-hydrogen) atoms. The standard InChI is InChI=1S/C10H13BrFNO3S/c1-10(2,14)6-13-17(15,16)7-3-4-8(11)9(12)5-7/h3-5,13-14H,6H2,1-2H3. The third-order valence-corrected chi connectivity index (χ3v) is 3.94. The number of halogens is 2. The molecule has 0 aliphatic rings. The highest BCUT2D eigenvalue weighted by Gasteiger charge is 2.20. The highest BCUT2D eigenvalue weighted by Crippen LogP contribution is 2.19. The van der Waals surface area contributed by atoms with E-state index >= 15 is 0 Å². The van der Waals surface area contributed by atoms with Gasteiger partial charge in [0.15, 0.2) is 0 Å². The van der Waals surface area contributed by atoms with Gasteiger partial charge in [-0.25, -0.2) is 17.5 Å². The first kappa shape index (κ1) is 14.6. The summed E-state index contributed by atoms with van der Waals surface area (Å²) < 4.78 is 39.1. The maximum absolute atomic E-state index is 13.2. The van der Waals surface area contributed by atoms with Crippen molar-refractivity contribution in [3.05, 3.63) is 28.5 Å². The molecule has 0 aromatic heterocycles. The molecule has 0 radical (unpaired) electrons. The molecule has 0 heterocycles. The van der Waals surface area contributed by atoms with Gasteiger partial charge in [-0.05, 0) is 48.0 Å². The van der Waals surface area contributed by atoms with Crippen LogP contribution in [0.25, 0.3) is 0 Å². The lowest BCUT2D eigenvalue weighted by Gasteiger charge is -2.17. The summed E-state index contributed by atoms with van der Waals surface area (Å²) in [4.78, 5) is -0.178. The molecule has 1 aromatic rings. The maximum atomic E-state index is 13.2. The third kappa shape index (κ3) is 4.34. The second-order valence-corrected chi connectivity index (χ2v) is 6.83. The largest absolute Gasteiger partial charge is 0.389 e. The first-order valence-electron chi connectivity index (χ1n) is 4.79. The Bertz CT molecular complexity index is 511. The zero-order valence-corrected chi connectivity index (χ0v) is 11.8. The zero-order valence-electron chi connectivity index (χ0n) is 9.37. The third-order valence-electron chi connectivity index (χ3n) is 1.90. The molecule has 2 N–H and O–H groups in total. The molecule has 96 valence electrons. The lowest BCUT2D eigenvalue weighted by atomic mass is 10.1. The predicted molar refractivity (Wildman–Crippen MR) is 65.6 cm³/mol. The van der Waals surface area contributed by atoms with Gasteiger partial charge in [0.1, 0.15) is 5.82 Å². The molecular weight excluding hydrogens is 313 g/mol. The summed E-state index contributed by atoms with van der Waals surface area (Å²) in [6.45, 7) is 2.79. The van der Waals surface area contributed by atoms with Crippen molar-refractivity contribution in [1.82, 2.24) is 4.72 Å². The summed E-state index contributed by atoms with van der Waals surface area (Å²) in [6, 6.07) is 3.50. The Morgan fingerprint density at radius 3 is 2.53 bits per heavy atom. The molecule has 1 aromatic carbocycles. The first-order chi connectivity index (χ1) is 7.62. The van der Waals surface area contributed by atoms with E-state index < -0.39 is 21.4 Å². The van der Waals surface area contributed by atoms with E-state index in [-0.39, 0.29) is 15.9 Å². The van der Waals surface area contributed by atoms with E-state index in [1.54, 1.807) is 0 Å². The minimum atomic E-state index is -3.80. The molecule has 0 bridgehead atoms. The molecule has 1 rings (SSSR count). The SMILES string of the molecule is CC(C)(O)CNS(=O)(=O)c1ccc(Br)c(F)c1. The van der Waals surface area contributed by atoms with Crippen LogP contribution in [0, 0.1) is 5.82 Å². The molecule has 0 unspecified atom stereocenters. The molecule has 0 saturated heterocycles. The van der Waals surface area contributed by atoms with E-state index in [2.05, 4.69) is 20.7 Å². The fourth-order valence-corrected chi connectivity index (χ4v) is 2.46. The Kier molecular flexibility index (Phi) is 4.29. The average Bonchev–Trinajstić information content (AvgIpc) is 2.18.